The van der Waals surface area contributed by atoms with Crippen LogP contribution in [-0.4, -0.2) is 11.5 Å². The SMILES string of the molecule is Cc1cc(Br)ccc1NC(=S)Nc1cccc(OC(F)(F)F)c1. The number of alkyl halides is 3. The normalized spacial score (nSPS) is 11.0. The van der Waals surface area contributed by atoms with E-state index in [9.17, 15) is 13.2 Å². The summed E-state index contributed by atoms with van der Waals surface area (Å²) in [7, 11) is 0. The molecule has 3 nitrogen and oxygen atoms in total. The fourth-order valence-corrected chi connectivity index (χ4v) is 2.53. The molecule has 8 heteroatoms. The van der Waals surface area contributed by atoms with Crippen molar-refractivity contribution in [1.29, 1.82) is 0 Å². The lowest BCUT2D eigenvalue weighted by Gasteiger charge is -2.14. The van der Waals surface area contributed by atoms with Crippen LogP contribution in [0.5, 0.6) is 5.75 Å². The molecule has 0 atom stereocenters. The highest BCUT2D eigenvalue weighted by Crippen LogP contribution is 2.25. The van der Waals surface area contributed by atoms with Gasteiger partial charge in [0.15, 0.2) is 5.11 Å². The summed E-state index contributed by atoms with van der Waals surface area (Å²) < 4.78 is 41.5. The van der Waals surface area contributed by atoms with Crippen LogP contribution < -0.4 is 15.4 Å². The molecule has 0 radical (unpaired) electrons. The summed E-state index contributed by atoms with van der Waals surface area (Å²) in [6.45, 7) is 1.91. The molecule has 2 aromatic rings. The molecule has 0 aliphatic rings. The Morgan fingerprint density at radius 2 is 1.87 bits per heavy atom. The average Bonchev–Trinajstić information content (AvgIpc) is 2.40. The highest BCUT2D eigenvalue weighted by molar-refractivity contribution is 9.10. The molecule has 0 bridgehead atoms. The largest absolute Gasteiger partial charge is 0.573 e. The van der Waals surface area contributed by atoms with Crippen LogP contribution in [0.4, 0.5) is 24.5 Å². The lowest BCUT2D eigenvalue weighted by Crippen LogP contribution is -2.20. The number of benzene rings is 2. The van der Waals surface area contributed by atoms with Crippen molar-refractivity contribution in [3.05, 3.63) is 52.5 Å². The third kappa shape index (κ3) is 5.72. The van der Waals surface area contributed by atoms with E-state index >= 15 is 0 Å². The van der Waals surface area contributed by atoms with E-state index in [4.69, 9.17) is 12.2 Å². The van der Waals surface area contributed by atoms with Crippen molar-refractivity contribution in [2.45, 2.75) is 13.3 Å². The first-order valence-electron chi connectivity index (χ1n) is 6.43. The molecule has 0 spiro atoms. The summed E-state index contributed by atoms with van der Waals surface area (Å²) in [5.41, 5.74) is 2.16. The highest BCUT2D eigenvalue weighted by Gasteiger charge is 2.31. The molecule has 0 aliphatic heterocycles. The maximum Gasteiger partial charge on any atom is 0.573 e. The van der Waals surface area contributed by atoms with Crippen LogP contribution in [0, 0.1) is 6.92 Å². The Labute approximate surface area is 145 Å². The summed E-state index contributed by atoms with van der Waals surface area (Å²) in [6.07, 6.45) is -4.73. The van der Waals surface area contributed by atoms with Gasteiger partial charge in [0.2, 0.25) is 0 Å². The molecule has 0 unspecified atom stereocenters. The smallest absolute Gasteiger partial charge is 0.406 e. The maximum absolute atomic E-state index is 12.2. The zero-order valence-corrected chi connectivity index (χ0v) is 14.3. The molecular formula is C15H12BrF3N2OS. The van der Waals surface area contributed by atoms with Crippen LogP contribution in [0.3, 0.4) is 0 Å². The minimum Gasteiger partial charge on any atom is -0.406 e. The van der Waals surface area contributed by atoms with Gasteiger partial charge in [-0.25, -0.2) is 0 Å². The van der Waals surface area contributed by atoms with Crippen LogP contribution in [0.15, 0.2) is 46.9 Å². The summed E-state index contributed by atoms with van der Waals surface area (Å²) in [5.74, 6) is -0.315. The highest BCUT2D eigenvalue weighted by atomic mass is 79.9. The Balaban J connectivity index is 2.04. The van der Waals surface area contributed by atoms with E-state index in [-0.39, 0.29) is 10.9 Å². The molecular weight excluding hydrogens is 393 g/mol. The van der Waals surface area contributed by atoms with Gasteiger partial charge in [0.1, 0.15) is 5.75 Å². The molecule has 2 rings (SSSR count). The molecule has 0 aliphatic carbocycles. The molecule has 0 heterocycles. The van der Waals surface area contributed by atoms with Gasteiger partial charge in [-0.3, -0.25) is 0 Å². The van der Waals surface area contributed by atoms with E-state index in [1.165, 1.54) is 18.2 Å². The second-order valence-corrected chi connectivity index (χ2v) is 5.94. The average molecular weight is 405 g/mol. The minimum atomic E-state index is -4.73. The lowest BCUT2D eigenvalue weighted by molar-refractivity contribution is -0.274. The van der Waals surface area contributed by atoms with Crippen molar-refractivity contribution in [3.8, 4) is 5.75 Å². The molecule has 23 heavy (non-hydrogen) atoms. The first-order valence-corrected chi connectivity index (χ1v) is 7.63. The Kier molecular flexibility index (Phi) is 5.48. The Hall–Kier alpha value is -1.80. The van der Waals surface area contributed by atoms with E-state index < -0.39 is 6.36 Å². The molecule has 0 aromatic heterocycles. The maximum atomic E-state index is 12.2. The predicted octanol–water partition coefficient (Wildman–Crippen LogP) is 5.47. The number of aryl methyl sites for hydroxylation is 1. The lowest BCUT2D eigenvalue weighted by atomic mass is 10.2. The number of nitrogens with one attached hydrogen (secondary N) is 2. The topological polar surface area (TPSA) is 33.3 Å². The van der Waals surface area contributed by atoms with Crippen molar-refractivity contribution in [1.82, 2.24) is 0 Å². The van der Waals surface area contributed by atoms with Crippen LogP contribution in [0.25, 0.3) is 0 Å². The van der Waals surface area contributed by atoms with Crippen molar-refractivity contribution >= 4 is 44.6 Å². The molecule has 0 saturated carbocycles. The summed E-state index contributed by atoms with van der Waals surface area (Å²) in [5, 5.41) is 6.07. The van der Waals surface area contributed by atoms with Gasteiger partial charge in [-0.2, -0.15) is 0 Å². The number of thiocarbonyl (C=S) groups is 1. The van der Waals surface area contributed by atoms with Gasteiger partial charge in [0.25, 0.3) is 0 Å². The monoisotopic (exact) mass is 404 g/mol. The van der Waals surface area contributed by atoms with Gasteiger partial charge in [-0.1, -0.05) is 22.0 Å². The number of hydrogen-bond donors (Lipinski definition) is 2. The van der Waals surface area contributed by atoms with E-state index in [1.807, 2.05) is 25.1 Å². The quantitative estimate of drug-likeness (QED) is 0.664. The first-order chi connectivity index (χ1) is 10.7. The number of rotatable bonds is 3. The van der Waals surface area contributed by atoms with Gasteiger partial charge in [-0.05, 0) is 55.0 Å². The third-order valence-corrected chi connectivity index (χ3v) is 3.46. The molecule has 0 fully saturated rings. The van der Waals surface area contributed by atoms with E-state index in [0.717, 1.165) is 15.7 Å². The number of halogens is 4. The zero-order valence-electron chi connectivity index (χ0n) is 11.9. The van der Waals surface area contributed by atoms with Gasteiger partial charge >= 0.3 is 6.36 Å². The van der Waals surface area contributed by atoms with E-state index in [0.29, 0.717) is 5.69 Å². The van der Waals surface area contributed by atoms with Crippen molar-refractivity contribution in [2.75, 3.05) is 10.6 Å². The second kappa shape index (κ2) is 7.18. The van der Waals surface area contributed by atoms with Gasteiger partial charge < -0.3 is 15.4 Å². The number of hydrogen-bond acceptors (Lipinski definition) is 2. The van der Waals surface area contributed by atoms with Crippen LogP contribution in [0.1, 0.15) is 5.56 Å². The van der Waals surface area contributed by atoms with Crippen molar-refractivity contribution in [3.63, 3.8) is 0 Å². The Morgan fingerprint density at radius 3 is 2.52 bits per heavy atom. The fraction of sp³-hybridized carbons (Fsp3) is 0.133. The molecule has 0 saturated heterocycles. The second-order valence-electron chi connectivity index (χ2n) is 4.61. The number of anilines is 2. The molecule has 2 N–H and O–H groups in total. The minimum absolute atomic E-state index is 0.264. The van der Waals surface area contributed by atoms with Crippen LogP contribution in [-0.2, 0) is 0 Å². The Bertz CT molecular complexity index is 722. The third-order valence-electron chi connectivity index (χ3n) is 2.76. The molecule has 2 aromatic carbocycles. The van der Waals surface area contributed by atoms with Crippen LogP contribution >= 0.6 is 28.1 Å². The van der Waals surface area contributed by atoms with Crippen LogP contribution in [0.2, 0.25) is 0 Å². The Morgan fingerprint density at radius 1 is 1.13 bits per heavy atom. The predicted molar refractivity (Wildman–Crippen MR) is 91.8 cm³/mol. The first kappa shape index (κ1) is 17.6. The fourth-order valence-electron chi connectivity index (χ4n) is 1.82. The summed E-state index contributed by atoms with van der Waals surface area (Å²) in [6, 6.07) is 11.1. The standard InChI is InChI=1S/C15H12BrF3N2OS/c1-9-7-10(16)5-6-13(9)21-14(23)20-11-3-2-4-12(8-11)22-15(17,18)19/h2-8H,1H3,(H2,20,21,23). The summed E-state index contributed by atoms with van der Waals surface area (Å²) in [4.78, 5) is 0. The van der Waals surface area contributed by atoms with E-state index in [2.05, 4.69) is 31.3 Å². The van der Waals surface area contributed by atoms with Gasteiger partial charge in [0.05, 0.1) is 0 Å². The van der Waals surface area contributed by atoms with Gasteiger partial charge in [-0.15, -0.1) is 13.2 Å². The van der Waals surface area contributed by atoms with Crippen molar-refractivity contribution < 1.29 is 17.9 Å². The number of ether oxygens (including phenoxy) is 1. The molecule has 0 amide bonds. The molecule has 122 valence electrons. The summed E-state index contributed by atoms with van der Waals surface area (Å²) >= 11 is 8.53. The van der Waals surface area contributed by atoms with E-state index in [1.54, 1.807) is 6.07 Å². The zero-order chi connectivity index (χ0) is 17.0. The van der Waals surface area contributed by atoms with Gasteiger partial charge in [0, 0.05) is 21.9 Å². The van der Waals surface area contributed by atoms with Crippen molar-refractivity contribution in [2.24, 2.45) is 0 Å².